The summed E-state index contributed by atoms with van der Waals surface area (Å²) in [4.78, 5) is 26.2. The molecule has 1 amide bonds. The SMILES string of the molecule is Cn1c(NC(=O)c2ccccc2)c(-c2ccccc2Cl)c(=O)c2ccccc21. The van der Waals surface area contributed by atoms with Gasteiger partial charge in [0, 0.05) is 28.6 Å². The molecule has 0 radical (unpaired) electrons. The molecule has 4 aromatic rings. The Morgan fingerprint density at radius 3 is 2.29 bits per heavy atom. The maximum absolute atomic E-state index is 13.3. The van der Waals surface area contributed by atoms with Crippen LogP contribution in [0.2, 0.25) is 5.02 Å². The van der Waals surface area contributed by atoms with Gasteiger partial charge in [0.05, 0.1) is 11.1 Å². The van der Waals surface area contributed by atoms with E-state index in [-0.39, 0.29) is 11.3 Å². The number of pyridine rings is 1. The number of nitrogens with zero attached hydrogens (tertiary/aromatic N) is 1. The van der Waals surface area contributed by atoms with Gasteiger partial charge in [0.25, 0.3) is 5.91 Å². The number of hydrogen-bond donors (Lipinski definition) is 1. The highest BCUT2D eigenvalue weighted by Gasteiger charge is 2.20. The average Bonchev–Trinajstić information content (AvgIpc) is 2.73. The zero-order valence-electron chi connectivity index (χ0n) is 15.1. The largest absolute Gasteiger partial charge is 0.330 e. The fourth-order valence-corrected chi connectivity index (χ4v) is 3.55. The minimum Gasteiger partial charge on any atom is -0.330 e. The summed E-state index contributed by atoms with van der Waals surface area (Å²) in [5.74, 6) is 0.116. The van der Waals surface area contributed by atoms with Crippen LogP contribution in [0.5, 0.6) is 0 Å². The van der Waals surface area contributed by atoms with Crippen molar-refractivity contribution in [2.24, 2.45) is 7.05 Å². The van der Waals surface area contributed by atoms with E-state index in [4.69, 9.17) is 11.6 Å². The van der Waals surface area contributed by atoms with Gasteiger partial charge < -0.3 is 9.88 Å². The van der Waals surface area contributed by atoms with E-state index < -0.39 is 0 Å². The first-order valence-corrected chi connectivity index (χ1v) is 9.19. The van der Waals surface area contributed by atoms with Crippen LogP contribution in [0.3, 0.4) is 0 Å². The van der Waals surface area contributed by atoms with Crippen LogP contribution in [-0.2, 0) is 7.05 Å². The number of amides is 1. The van der Waals surface area contributed by atoms with Crippen LogP contribution < -0.4 is 10.7 Å². The van der Waals surface area contributed by atoms with E-state index in [1.165, 1.54) is 0 Å². The fourth-order valence-electron chi connectivity index (χ4n) is 3.32. The number of carbonyl (C=O) groups excluding carboxylic acids is 1. The number of hydrogen-bond acceptors (Lipinski definition) is 2. The molecule has 0 saturated heterocycles. The molecule has 0 spiro atoms. The predicted molar refractivity (Wildman–Crippen MR) is 114 cm³/mol. The second-order valence-corrected chi connectivity index (χ2v) is 6.84. The molecule has 1 aromatic heterocycles. The third-order valence-electron chi connectivity index (χ3n) is 4.72. The molecule has 5 heteroatoms. The van der Waals surface area contributed by atoms with Crippen LogP contribution in [-0.4, -0.2) is 10.5 Å². The lowest BCUT2D eigenvalue weighted by Crippen LogP contribution is -2.21. The van der Waals surface area contributed by atoms with Crippen molar-refractivity contribution in [1.82, 2.24) is 4.57 Å². The summed E-state index contributed by atoms with van der Waals surface area (Å²) in [5, 5.41) is 3.94. The van der Waals surface area contributed by atoms with Crippen molar-refractivity contribution in [3.8, 4) is 11.1 Å². The van der Waals surface area contributed by atoms with E-state index in [0.29, 0.717) is 32.9 Å². The number of aryl methyl sites for hydroxylation is 1. The van der Waals surface area contributed by atoms with Gasteiger partial charge in [0.2, 0.25) is 0 Å². The molecular formula is C23H17ClN2O2. The van der Waals surface area contributed by atoms with E-state index in [2.05, 4.69) is 5.32 Å². The van der Waals surface area contributed by atoms with Gasteiger partial charge in [0.15, 0.2) is 5.43 Å². The van der Waals surface area contributed by atoms with E-state index in [9.17, 15) is 9.59 Å². The molecule has 0 bridgehead atoms. The minimum atomic E-state index is -0.292. The third-order valence-corrected chi connectivity index (χ3v) is 5.05. The summed E-state index contributed by atoms with van der Waals surface area (Å²) in [6.07, 6.45) is 0. The van der Waals surface area contributed by atoms with Crippen molar-refractivity contribution in [2.75, 3.05) is 5.32 Å². The molecule has 1 heterocycles. The highest BCUT2D eigenvalue weighted by Crippen LogP contribution is 2.33. The normalized spacial score (nSPS) is 10.8. The van der Waals surface area contributed by atoms with Crippen LogP contribution in [0.1, 0.15) is 10.4 Å². The van der Waals surface area contributed by atoms with Gasteiger partial charge in [0.1, 0.15) is 5.82 Å². The van der Waals surface area contributed by atoms with Gasteiger partial charge in [-0.15, -0.1) is 0 Å². The average molecular weight is 389 g/mol. The van der Waals surface area contributed by atoms with Crippen molar-refractivity contribution in [1.29, 1.82) is 0 Å². The van der Waals surface area contributed by atoms with Gasteiger partial charge >= 0.3 is 0 Å². The topological polar surface area (TPSA) is 51.1 Å². The number of nitrogens with one attached hydrogen (secondary N) is 1. The van der Waals surface area contributed by atoms with E-state index in [1.54, 1.807) is 48.5 Å². The zero-order valence-corrected chi connectivity index (χ0v) is 15.9. The smallest absolute Gasteiger partial charge is 0.256 e. The van der Waals surface area contributed by atoms with Crippen LogP contribution in [0.4, 0.5) is 5.82 Å². The zero-order chi connectivity index (χ0) is 19.7. The molecule has 1 N–H and O–H groups in total. The fraction of sp³-hybridized carbons (Fsp3) is 0.0435. The Balaban J connectivity index is 2.00. The maximum Gasteiger partial charge on any atom is 0.256 e. The predicted octanol–water partition coefficient (Wildman–Crippen LogP) is 5.11. The molecule has 0 aliphatic carbocycles. The number of aromatic nitrogens is 1. The van der Waals surface area contributed by atoms with Crippen LogP contribution in [0.25, 0.3) is 22.0 Å². The Morgan fingerprint density at radius 2 is 1.54 bits per heavy atom. The molecule has 0 aliphatic rings. The summed E-state index contributed by atoms with van der Waals surface area (Å²) in [6.45, 7) is 0. The number of halogens is 1. The van der Waals surface area contributed by atoms with Gasteiger partial charge in [-0.2, -0.15) is 0 Å². The molecule has 4 nitrogen and oxygen atoms in total. The molecule has 0 saturated carbocycles. The van der Waals surface area contributed by atoms with Gasteiger partial charge in [-0.25, -0.2) is 0 Å². The number of para-hydroxylation sites is 1. The summed E-state index contributed by atoms with van der Waals surface area (Å²) in [6, 6.07) is 23.3. The van der Waals surface area contributed by atoms with Crippen molar-refractivity contribution in [3.63, 3.8) is 0 Å². The highest BCUT2D eigenvalue weighted by molar-refractivity contribution is 6.33. The Morgan fingerprint density at radius 1 is 0.893 bits per heavy atom. The van der Waals surface area contributed by atoms with E-state index >= 15 is 0 Å². The number of rotatable bonds is 3. The number of benzene rings is 3. The van der Waals surface area contributed by atoms with Gasteiger partial charge in [-0.3, -0.25) is 9.59 Å². The van der Waals surface area contributed by atoms with Crippen molar-refractivity contribution < 1.29 is 4.79 Å². The monoisotopic (exact) mass is 388 g/mol. The molecule has 3 aromatic carbocycles. The van der Waals surface area contributed by atoms with Gasteiger partial charge in [-0.1, -0.05) is 60.1 Å². The first-order chi connectivity index (χ1) is 13.6. The Kier molecular flexibility index (Phi) is 4.72. The number of fused-ring (bicyclic) bond motifs is 1. The number of anilines is 1. The van der Waals surface area contributed by atoms with E-state index in [0.717, 1.165) is 5.52 Å². The second-order valence-electron chi connectivity index (χ2n) is 6.43. The molecule has 0 fully saturated rings. The molecular weight excluding hydrogens is 372 g/mol. The Labute approximate surface area is 167 Å². The second kappa shape index (κ2) is 7.33. The lowest BCUT2D eigenvalue weighted by atomic mass is 10.0. The van der Waals surface area contributed by atoms with Crippen LogP contribution in [0, 0.1) is 0 Å². The van der Waals surface area contributed by atoms with Crippen molar-refractivity contribution >= 4 is 34.2 Å². The standard InChI is InChI=1S/C23H17ClN2O2/c1-26-19-14-8-6-12-17(19)21(27)20(16-11-5-7-13-18(16)24)22(26)25-23(28)15-9-3-2-4-10-15/h2-14H,1H3,(H,25,28). The molecule has 4 rings (SSSR count). The third kappa shape index (κ3) is 3.08. The first-order valence-electron chi connectivity index (χ1n) is 8.81. The quantitative estimate of drug-likeness (QED) is 0.530. The van der Waals surface area contributed by atoms with Crippen LogP contribution in [0.15, 0.2) is 83.7 Å². The summed E-state index contributed by atoms with van der Waals surface area (Å²) < 4.78 is 1.82. The van der Waals surface area contributed by atoms with E-state index in [1.807, 2.05) is 41.9 Å². The highest BCUT2D eigenvalue weighted by atomic mass is 35.5. The first kappa shape index (κ1) is 18.0. The van der Waals surface area contributed by atoms with Crippen molar-refractivity contribution in [3.05, 3.63) is 99.7 Å². The lowest BCUT2D eigenvalue weighted by molar-refractivity contribution is 0.102. The maximum atomic E-state index is 13.3. The summed E-state index contributed by atoms with van der Waals surface area (Å²) in [7, 11) is 1.82. The molecule has 28 heavy (non-hydrogen) atoms. The Bertz CT molecular complexity index is 1250. The molecule has 138 valence electrons. The van der Waals surface area contributed by atoms with Crippen LogP contribution >= 0.6 is 11.6 Å². The number of carbonyl (C=O) groups is 1. The molecule has 0 atom stereocenters. The van der Waals surface area contributed by atoms with Gasteiger partial charge in [-0.05, 0) is 30.3 Å². The van der Waals surface area contributed by atoms with Crippen molar-refractivity contribution in [2.45, 2.75) is 0 Å². The lowest BCUT2D eigenvalue weighted by Gasteiger charge is -2.19. The molecule has 0 aliphatic heterocycles. The summed E-state index contributed by atoms with van der Waals surface area (Å²) in [5.41, 5.74) is 2.01. The Hall–Kier alpha value is -3.37. The summed E-state index contributed by atoms with van der Waals surface area (Å²) >= 11 is 6.40. The molecule has 0 unspecified atom stereocenters. The minimum absolute atomic E-state index is 0.176.